The highest BCUT2D eigenvalue weighted by Gasteiger charge is 2.48. The Morgan fingerprint density at radius 3 is 2.05 bits per heavy atom. The lowest BCUT2D eigenvalue weighted by Crippen LogP contribution is -2.44. The molecule has 3 aliphatic rings. The highest BCUT2D eigenvalue weighted by Crippen LogP contribution is 2.54. The summed E-state index contributed by atoms with van der Waals surface area (Å²) in [7, 11) is 0. The van der Waals surface area contributed by atoms with Crippen molar-refractivity contribution < 1.29 is 23.9 Å². The topological polar surface area (TPSA) is 84.9 Å². The number of nitrogens with zero attached hydrogens (tertiary/aromatic N) is 1. The summed E-state index contributed by atoms with van der Waals surface area (Å²) in [5, 5.41) is 3.20. The molecule has 7 nitrogen and oxygen atoms in total. The number of allylic oxidation sites excluding steroid dienone is 4. The van der Waals surface area contributed by atoms with Crippen molar-refractivity contribution in [2.75, 3.05) is 25.1 Å². The molecule has 1 N–H and O–H groups in total. The van der Waals surface area contributed by atoms with Crippen LogP contribution in [0.5, 0.6) is 11.5 Å². The quantitative estimate of drug-likeness (QED) is 0.337. The molecule has 0 unspecified atom stereocenters. The minimum absolute atomic E-state index is 0.0911. The van der Waals surface area contributed by atoms with Crippen LogP contribution in [0.4, 0.5) is 5.69 Å². The van der Waals surface area contributed by atoms with Crippen molar-refractivity contribution in [3.63, 3.8) is 0 Å². The highest BCUT2D eigenvalue weighted by molar-refractivity contribution is 6.33. The Morgan fingerprint density at radius 1 is 0.884 bits per heavy atom. The van der Waals surface area contributed by atoms with E-state index in [-0.39, 0.29) is 34.9 Å². The standard InChI is InChI=1S/C35H41ClN2O5/c1-7-38-24-16-34(3,4)18-26(39)32(24)31(33-25(38)17-35(5,6)19-27(33)40)21-13-14-28(29(15-21)42-8-2)43-20-30(41)37-23-12-10-9-11-22(23)36/h9-15,31H,7-8,16-20H2,1-6H3,(H,37,41). The van der Waals surface area contributed by atoms with Gasteiger partial charge in [0.15, 0.2) is 29.7 Å². The van der Waals surface area contributed by atoms with Crippen molar-refractivity contribution in [3.8, 4) is 11.5 Å². The fourth-order valence-corrected chi connectivity index (χ4v) is 6.93. The predicted molar refractivity (Wildman–Crippen MR) is 168 cm³/mol. The molecule has 2 aromatic rings. The van der Waals surface area contributed by atoms with Crippen LogP contribution in [-0.4, -0.2) is 42.1 Å². The normalized spacial score (nSPS) is 19.7. The maximum absolute atomic E-state index is 13.9. The van der Waals surface area contributed by atoms with Crippen molar-refractivity contribution >= 4 is 34.8 Å². The van der Waals surface area contributed by atoms with Crippen LogP contribution >= 0.6 is 11.6 Å². The molecular formula is C35H41ClN2O5. The van der Waals surface area contributed by atoms with Gasteiger partial charge in [0.2, 0.25) is 0 Å². The second-order valence-electron chi connectivity index (χ2n) is 13.2. The van der Waals surface area contributed by atoms with E-state index in [1.54, 1.807) is 30.3 Å². The van der Waals surface area contributed by atoms with E-state index in [4.69, 9.17) is 21.1 Å². The fraction of sp³-hybridized carbons (Fsp3) is 0.457. The summed E-state index contributed by atoms with van der Waals surface area (Å²) in [4.78, 5) is 42.7. The zero-order valence-electron chi connectivity index (χ0n) is 25.9. The molecule has 0 bridgehead atoms. The number of ether oxygens (including phenoxy) is 2. The molecule has 0 saturated carbocycles. The summed E-state index contributed by atoms with van der Waals surface area (Å²) in [5.41, 5.74) is 4.50. The molecule has 0 spiro atoms. The molecule has 0 saturated heterocycles. The van der Waals surface area contributed by atoms with Gasteiger partial charge in [0, 0.05) is 47.8 Å². The highest BCUT2D eigenvalue weighted by atomic mass is 35.5. The van der Waals surface area contributed by atoms with Gasteiger partial charge in [-0.2, -0.15) is 0 Å². The Hall–Kier alpha value is -3.58. The summed E-state index contributed by atoms with van der Waals surface area (Å²) < 4.78 is 11.9. The summed E-state index contributed by atoms with van der Waals surface area (Å²) >= 11 is 6.18. The van der Waals surface area contributed by atoms with Crippen molar-refractivity contribution in [3.05, 3.63) is 75.6 Å². The van der Waals surface area contributed by atoms with E-state index in [2.05, 4.69) is 44.8 Å². The molecule has 1 heterocycles. The van der Waals surface area contributed by atoms with Gasteiger partial charge in [-0.3, -0.25) is 14.4 Å². The van der Waals surface area contributed by atoms with E-state index in [1.807, 2.05) is 19.1 Å². The Kier molecular flexibility index (Phi) is 8.50. The van der Waals surface area contributed by atoms with Crippen LogP contribution in [0.15, 0.2) is 65.0 Å². The lowest BCUT2D eigenvalue weighted by Gasteiger charge is -2.48. The first kappa shape index (κ1) is 30.9. The zero-order valence-corrected chi connectivity index (χ0v) is 26.7. The molecule has 0 radical (unpaired) electrons. The van der Waals surface area contributed by atoms with Crippen molar-refractivity contribution in [1.82, 2.24) is 4.90 Å². The molecule has 1 aliphatic heterocycles. The van der Waals surface area contributed by atoms with Gasteiger partial charge in [0.05, 0.1) is 17.3 Å². The lowest BCUT2D eigenvalue weighted by atomic mass is 9.63. The summed E-state index contributed by atoms with van der Waals surface area (Å²) in [6, 6.07) is 12.5. The number of nitrogens with one attached hydrogen (secondary N) is 1. The molecule has 0 atom stereocenters. The third-order valence-electron chi connectivity index (χ3n) is 8.45. The van der Waals surface area contributed by atoms with Crippen molar-refractivity contribution in [2.45, 2.75) is 73.1 Å². The van der Waals surface area contributed by atoms with Gasteiger partial charge in [0.1, 0.15) is 0 Å². The minimum Gasteiger partial charge on any atom is -0.490 e. The second kappa shape index (κ2) is 11.8. The van der Waals surface area contributed by atoms with Crippen LogP contribution in [0.25, 0.3) is 0 Å². The molecule has 228 valence electrons. The van der Waals surface area contributed by atoms with Gasteiger partial charge < -0.3 is 19.7 Å². The number of hydrogen-bond donors (Lipinski definition) is 1. The first-order chi connectivity index (χ1) is 20.3. The van der Waals surface area contributed by atoms with Gasteiger partial charge in [-0.1, -0.05) is 57.5 Å². The zero-order chi connectivity index (χ0) is 31.1. The first-order valence-electron chi connectivity index (χ1n) is 15.1. The number of carbonyl (C=O) groups is 3. The Labute approximate surface area is 259 Å². The summed E-state index contributed by atoms with van der Waals surface area (Å²) in [6.45, 7) is 13.3. The smallest absolute Gasteiger partial charge is 0.262 e. The molecule has 2 aliphatic carbocycles. The molecule has 5 rings (SSSR count). The second-order valence-corrected chi connectivity index (χ2v) is 13.6. The average Bonchev–Trinajstić information content (AvgIpc) is 2.91. The minimum atomic E-state index is -0.475. The molecule has 1 amide bonds. The number of benzene rings is 2. The number of halogens is 1. The van der Waals surface area contributed by atoms with Crippen LogP contribution in [-0.2, 0) is 14.4 Å². The van der Waals surface area contributed by atoms with Gasteiger partial charge in [-0.05, 0) is 67.3 Å². The van der Waals surface area contributed by atoms with E-state index in [0.717, 1.165) is 40.9 Å². The third kappa shape index (κ3) is 6.23. The number of Topliss-reactive ketones (excluding diaryl/α,β-unsaturated/α-hetero) is 2. The molecular weight excluding hydrogens is 564 g/mol. The van der Waals surface area contributed by atoms with Crippen molar-refractivity contribution in [2.24, 2.45) is 10.8 Å². The van der Waals surface area contributed by atoms with Crippen LogP contribution in [0.2, 0.25) is 5.02 Å². The Balaban J connectivity index is 1.53. The van der Waals surface area contributed by atoms with Crippen LogP contribution in [0.1, 0.15) is 78.7 Å². The summed E-state index contributed by atoms with van der Waals surface area (Å²) in [6.07, 6.45) is 2.40. The number of ketones is 2. The van der Waals surface area contributed by atoms with E-state index in [9.17, 15) is 14.4 Å². The number of hydrogen-bond acceptors (Lipinski definition) is 6. The Bertz CT molecular complexity index is 1480. The number of amides is 1. The predicted octanol–water partition coefficient (Wildman–Crippen LogP) is 7.46. The maximum atomic E-state index is 13.9. The monoisotopic (exact) mass is 604 g/mol. The molecule has 43 heavy (non-hydrogen) atoms. The fourth-order valence-electron chi connectivity index (χ4n) is 6.75. The largest absolute Gasteiger partial charge is 0.490 e. The number of rotatable bonds is 8. The van der Waals surface area contributed by atoms with Crippen molar-refractivity contribution in [1.29, 1.82) is 0 Å². The van der Waals surface area contributed by atoms with E-state index in [1.165, 1.54) is 0 Å². The van der Waals surface area contributed by atoms with Crippen LogP contribution in [0.3, 0.4) is 0 Å². The molecule has 8 heteroatoms. The number of anilines is 1. The molecule has 2 aromatic carbocycles. The van der Waals surface area contributed by atoms with Gasteiger partial charge in [-0.25, -0.2) is 0 Å². The third-order valence-corrected chi connectivity index (χ3v) is 8.78. The summed E-state index contributed by atoms with van der Waals surface area (Å²) in [5.74, 6) is 0.210. The Morgan fingerprint density at radius 2 is 1.49 bits per heavy atom. The first-order valence-corrected chi connectivity index (χ1v) is 15.5. The van der Waals surface area contributed by atoms with Gasteiger partial charge in [-0.15, -0.1) is 0 Å². The average molecular weight is 605 g/mol. The number of carbonyl (C=O) groups excluding carboxylic acids is 3. The van der Waals surface area contributed by atoms with Crippen LogP contribution in [0, 0.1) is 10.8 Å². The van der Waals surface area contributed by atoms with Gasteiger partial charge in [0.25, 0.3) is 5.91 Å². The lowest BCUT2D eigenvalue weighted by molar-refractivity contribution is -0.120. The van der Waals surface area contributed by atoms with E-state index < -0.39 is 5.92 Å². The SMILES string of the molecule is CCOc1cc(C2C3=C(CC(C)(C)CC3=O)N(CC)C3=C2C(=O)CC(C)(C)C3)ccc1OCC(=O)Nc1ccccc1Cl. The van der Waals surface area contributed by atoms with Gasteiger partial charge >= 0.3 is 0 Å². The molecule has 0 aromatic heterocycles. The van der Waals surface area contributed by atoms with E-state index >= 15 is 0 Å². The van der Waals surface area contributed by atoms with E-state index in [0.29, 0.717) is 48.2 Å². The van der Waals surface area contributed by atoms with Crippen LogP contribution < -0.4 is 14.8 Å². The maximum Gasteiger partial charge on any atom is 0.262 e. The number of para-hydroxylation sites is 1. The molecule has 0 fully saturated rings.